The lowest BCUT2D eigenvalue weighted by atomic mass is 10.1. The quantitative estimate of drug-likeness (QED) is 0.206. The van der Waals surface area contributed by atoms with Crippen LogP contribution >= 0.6 is 34.2 Å². The summed E-state index contributed by atoms with van der Waals surface area (Å²) in [6.07, 6.45) is 5.90. The van der Waals surface area contributed by atoms with Gasteiger partial charge in [0.1, 0.15) is 11.8 Å². The molecule has 0 saturated carbocycles. The molecular weight excluding hydrogens is 390 g/mol. The normalized spacial score (nSPS) is 19.0. The van der Waals surface area contributed by atoms with Crippen molar-refractivity contribution in [1.29, 1.82) is 0 Å². The minimum absolute atomic E-state index is 0.0536. The highest BCUT2D eigenvalue weighted by Crippen LogP contribution is 2.39. The molecule has 1 heterocycles. The summed E-state index contributed by atoms with van der Waals surface area (Å²) in [7, 11) is 3.89. The number of hydrogen-bond acceptors (Lipinski definition) is 7. The standard InChI is InChI=1S/C17H31N3O3S3/c1-12(21)14(18)6-4-9-19-17(23)15(11-24)20-16(22)7-3-2-5-13-8-10-25-26-13/h13-15,24H,2-11,18H2,1H3,(H,19,23)(H,20,22). The predicted octanol–water partition coefficient (Wildman–Crippen LogP) is 1.93. The SMILES string of the molecule is CC(=O)C(N)CCCNC(=O)C(CS)NC(=O)CCCCC1CCSS1. The highest BCUT2D eigenvalue weighted by Gasteiger charge is 2.19. The molecule has 150 valence electrons. The fourth-order valence-electron chi connectivity index (χ4n) is 2.54. The van der Waals surface area contributed by atoms with Crippen LogP contribution in [0.3, 0.4) is 0 Å². The number of ketones is 1. The molecule has 9 heteroatoms. The number of rotatable bonds is 13. The second-order valence-corrected chi connectivity index (χ2v) is 9.68. The molecule has 2 amide bonds. The van der Waals surface area contributed by atoms with E-state index in [2.05, 4.69) is 23.3 Å². The number of carbonyl (C=O) groups is 3. The predicted molar refractivity (Wildman–Crippen MR) is 114 cm³/mol. The minimum Gasteiger partial charge on any atom is -0.354 e. The molecule has 4 N–H and O–H groups in total. The summed E-state index contributed by atoms with van der Waals surface area (Å²) in [5.74, 6) is 1.08. The summed E-state index contributed by atoms with van der Waals surface area (Å²) in [6, 6.07) is -1.11. The lowest BCUT2D eigenvalue weighted by Crippen LogP contribution is -2.48. The lowest BCUT2D eigenvalue weighted by molar-refractivity contribution is -0.128. The number of hydrogen-bond donors (Lipinski definition) is 4. The van der Waals surface area contributed by atoms with E-state index in [1.54, 1.807) is 0 Å². The largest absolute Gasteiger partial charge is 0.354 e. The van der Waals surface area contributed by atoms with Gasteiger partial charge in [-0.2, -0.15) is 12.6 Å². The van der Waals surface area contributed by atoms with E-state index in [0.717, 1.165) is 24.5 Å². The maximum absolute atomic E-state index is 12.1. The molecule has 0 spiro atoms. The van der Waals surface area contributed by atoms with E-state index in [-0.39, 0.29) is 23.4 Å². The molecule has 0 radical (unpaired) electrons. The first-order chi connectivity index (χ1) is 12.4. The Morgan fingerprint density at radius 3 is 2.65 bits per heavy atom. The molecule has 0 aromatic carbocycles. The maximum atomic E-state index is 12.1. The molecule has 3 unspecified atom stereocenters. The smallest absolute Gasteiger partial charge is 0.243 e. The van der Waals surface area contributed by atoms with Crippen LogP contribution in [0.4, 0.5) is 0 Å². The second kappa shape index (κ2) is 13.7. The lowest BCUT2D eigenvalue weighted by Gasteiger charge is -2.17. The average molecular weight is 422 g/mol. The zero-order valence-electron chi connectivity index (χ0n) is 15.4. The first kappa shape index (κ1) is 23.7. The van der Waals surface area contributed by atoms with Gasteiger partial charge in [-0.15, -0.1) is 0 Å². The van der Waals surface area contributed by atoms with Crippen molar-refractivity contribution in [2.24, 2.45) is 5.73 Å². The van der Waals surface area contributed by atoms with Crippen molar-refractivity contribution in [3.63, 3.8) is 0 Å². The van der Waals surface area contributed by atoms with Crippen molar-refractivity contribution in [1.82, 2.24) is 10.6 Å². The Balaban J connectivity index is 2.15. The molecule has 1 saturated heterocycles. The molecule has 0 aliphatic carbocycles. The maximum Gasteiger partial charge on any atom is 0.243 e. The van der Waals surface area contributed by atoms with Gasteiger partial charge in [0.2, 0.25) is 11.8 Å². The first-order valence-corrected chi connectivity index (χ1v) is 12.2. The van der Waals surface area contributed by atoms with Gasteiger partial charge in [0.15, 0.2) is 0 Å². The summed E-state index contributed by atoms with van der Waals surface area (Å²) in [5, 5.41) is 6.24. The highest BCUT2D eigenvalue weighted by molar-refractivity contribution is 8.77. The minimum atomic E-state index is -0.630. The van der Waals surface area contributed by atoms with Crippen LogP contribution in [0, 0.1) is 0 Å². The Kier molecular flexibility index (Phi) is 12.5. The summed E-state index contributed by atoms with van der Waals surface area (Å²) in [6.45, 7) is 1.89. The van der Waals surface area contributed by atoms with E-state index in [1.807, 2.05) is 21.6 Å². The van der Waals surface area contributed by atoms with Crippen LogP contribution in [0.2, 0.25) is 0 Å². The number of Topliss-reactive ketones (excluding diaryl/α,β-unsaturated/α-hetero) is 1. The molecule has 0 aromatic rings. The van der Waals surface area contributed by atoms with E-state index in [9.17, 15) is 14.4 Å². The third-order valence-corrected chi connectivity index (χ3v) is 7.63. The molecule has 1 aliphatic heterocycles. The zero-order valence-corrected chi connectivity index (χ0v) is 17.9. The number of amides is 2. The van der Waals surface area contributed by atoms with Crippen molar-refractivity contribution < 1.29 is 14.4 Å². The van der Waals surface area contributed by atoms with Crippen LogP contribution in [0.15, 0.2) is 0 Å². The van der Waals surface area contributed by atoms with Gasteiger partial charge in [0.05, 0.1) is 6.04 Å². The van der Waals surface area contributed by atoms with Crippen molar-refractivity contribution >= 4 is 51.8 Å². The van der Waals surface area contributed by atoms with Crippen molar-refractivity contribution in [3.8, 4) is 0 Å². The molecular formula is C17H31N3O3S3. The molecule has 3 atom stereocenters. The van der Waals surface area contributed by atoms with Gasteiger partial charge >= 0.3 is 0 Å². The Bertz CT molecular complexity index is 460. The van der Waals surface area contributed by atoms with E-state index in [1.165, 1.54) is 19.1 Å². The molecule has 6 nitrogen and oxygen atoms in total. The Morgan fingerprint density at radius 1 is 1.27 bits per heavy atom. The van der Waals surface area contributed by atoms with Gasteiger partial charge in [0, 0.05) is 29.7 Å². The van der Waals surface area contributed by atoms with Gasteiger partial charge in [-0.25, -0.2) is 0 Å². The van der Waals surface area contributed by atoms with Crippen LogP contribution in [-0.4, -0.2) is 53.0 Å². The van der Waals surface area contributed by atoms with Gasteiger partial charge in [-0.1, -0.05) is 28.0 Å². The first-order valence-electron chi connectivity index (χ1n) is 9.16. The summed E-state index contributed by atoms with van der Waals surface area (Å²) in [5.41, 5.74) is 5.65. The molecule has 1 fully saturated rings. The number of nitrogens with one attached hydrogen (secondary N) is 2. The van der Waals surface area contributed by atoms with Gasteiger partial charge in [0.25, 0.3) is 0 Å². The topological polar surface area (TPSA) is 101 Å². The fraction of sp³-hybridized carbons (Fsp3) is 0.824. The summed E-state index contributed by atoms with van der Waals surface area (Å²) in [4.78, 5) is 35.2. The number of thiol groups is 1. The van der Waals surface area contributed by atoms with Crippen molar-refractivity contribution in [3.05, 3.63) is 0 Å². The molecule has 1 aliphatic rings. The van der Waals surface area contributed by atoms with Crippen LogP contribution in [0.25, 0.3) is 0 Å². The third kappa shape index (κ3) is 10.1. The molecule has 0 bridgehead atoms. The molecule has 0 aromatic heterocycles. The second-order valence-electron chi connectivity index (χ2n) is 6.53. The average Bonchev–Trinajstić information content (AvgIpc) is 3.13. The van der Waals surface area contributed by atoms with Gasteiger partial charge < -0.3 is 16.4 Å². The number of carbonyl (C=O) groups excluding carboxylic acids is 3. The van der Waals surface area contributed by atoms with Crippen LogP contribution in [0.5, 0.6) is 0 Å². The van der Waals surface area contributed by atoms with Crippen molar-refractivity contribution in [2.75, 3.05) is 18.1 Å². The zero-order chi connectivity index (χ0) is 19.4. The monoisotopic (exact) mass is 421 g/mol. The van der Waals surface area contributed by atoms with E-state index < -0.39 is 12.1 Å². The molecule has 1 rings (SSSR count). The third-order valence-electron chi connectivity index (χ3n) is 4.25. The fourth-order valence-corrected chi connectivity index (χ4v) is 5.83. The Morgan fingerprint density at radius 2 is 2.04 bits per heavy atom. The highest BCUT2D eigenvalue weighted by atomic mass is 33.1. The number of nitrogens with two attached hydrogens (primary N) is 1. The van der Waals surface area contributed by atoms with E-state index in [4.69, 9.17) is 5.73 Å². The molecule has 26 heavy (non-hydrogen) atoms. The van der Waals surface area contributed by atoms with E-state index >= 15 is 0 Å². The van der Waals surface area contributed by atoms with Gasteiger partial charge in [-0.3, -0.25) is 14.4 Å². The summed E-state index contributed by atoms with van der Waals surface area (Å²) >= 11 is 4.16. The number of unbranched alkanes of at least 4 members (excludes halogenated alkanes) is 1. The van der Waals surface area contributed by atoms with Gasteiger partial charge in [-0.05, 0) is 39.0 Å². The van der Waals surface area contributed by atoms with Crippen LogP contribution in [0.1, 0.15) is 51.9 Å². The van der Waals surface area contributed by atoms with E-state index in [0.29, 0.717) is 25.8 Å². The Labute approximate surface area is 169 Å². The van der Waals surface area contributed by atoms with Crippen LogP contribution in [-0.2, 0) is 14.4 Å². The summed E-state index contributed by atoms with van der Waals surface area (Å²) < 4.78 is 0. The van der Waals surface area contributed by atoms with Crippen molar-refractivity contribution in [2.45, 2.75) is 69.2 Å². The Hall–Kier alpha value is -0.380. The van der Waals surface area contributed by atoms with Crippen LogP contribution < -0.4 is 16.4 Å².